The fourth-order valence-corrected chi connectivity index (χ4v) is 2.70. The number of aryl methyl sites for hydroxylation is 1. The summed E-state index contributed by atoms with van der Waals surface area (Å²) in [6, 6.07) is 7.30. The van der Waals surface area contributed by atoms with Crippen molar-refractivity contribution in [2.75, 3.05) is 0 Å². The average Bonchev–Trinajstić information content (AvgIpc) is 2.52. The van der Waals surface area contributed by atoms with Gasteiger partial charge in [-0.25, -0.2) is 4.79 Å². The zero-order valence-electron chi connectivity index (χ0n) is 13.1. The molecule has 1 aromatic carbocycles. The molecule has 0 bridgehead atoms. The van der Waals surface area contributed by atoms with Gasteiger partial charge >= 0.3 is 5.97 Å². The Hall–Kier alpha value is -1.35. The number of unbranched alkanes of at least 4 members (excludes halogenated alkanes) is 1. The minimum atomic E-state index is -0.421. The maximum atomic E-state index is 11.8. The van der Waals surface area contributed by atoms with E-state index in [-0.39, 0.29) is 0 Å². The summed E-state index contributed by atoms with van der Waals surface area (Å²) < 4.78 is 0. The Kier molecular flexibility index (Phi) is 6.24. The lowest BCUT2D eigenvalue weighted by atomic mass is 9.84. The van der Waals surface area contributed by atoms with E-state index in [0.29, 0.717) is 5.56 Å². The first-order valence-corrected chi connectivity index (χ1v) is 7.99. The van der Waals surface area contributed by atoms with E-state index < -0.39 is 5.97 Å². The molecule has 3 heteroatoms. The van der Waals surface area contributed by atoms with Crippen LogP contribution in [0.15, 0.2) is 24.3 Å². The van der Waals surface area contributed by atoms with E-state index in [1.807, 2.05) is 19.1 Å². The lowest BCUT2D eigenvalue weighted by molar-refractivity contribution is -0.240. The zero-order valence-corrected chi connectivity index (χ0v) is 13.1. The smallest absolute Gasteiger partial charge is 0.292 e. The molecule has 0 aliphatic heterocycles. The van der Waals surface area contributed by atoms with Crippen molar-refractivity contribution in [1.29, 1.82) is 0 Å². The molecule has 0 saturated heterocycles. The molecule has 1 aliphatic carbocycles. The van der Waals surface area contributed by atoms with Gasteiger partial charge in [0.1, 0.15) is 6.10 Å². The van der Waals surface area contributed by atoms with Crippen LogP contribution in [0.3, 0.4) is 0 Å². The highest BCUT2D eigenvalue weighted by Gasteiger charge is 2.24. The number of hydrogen-bond acceptors (Lipinski definition) is 3. The Morgan fingerprint density at radius 1 is 1.19 bits per heavy atom. The Balaban J connectivity index is 1.69. The second kappa shape index (κ2) is 8.18. The minimum absolute atomic E-state index is 0.421. The monoisotopic (exact) mass is 289 g/mol. The van der Waals surface area contributed by atoms with Gasteiger partial charge in [-0.1, -0.05) is 43.9 Å². The normalized spacial score (nSPS) is 16.9. The quantitative estimate of drug-likeness (QED) is 0.546. The van der Waals surface area contributed by atoms with Gasteiger partial charge in [-0.2, -0.15) is 4.89 Å². The Morgan fingerprint density at radius 2 is 1.86 bits per heavy atom. The lowest BCUT2D eigenvalue weighted by Gasteiger charge is -2.26. The molecule has 1 saturated carbocycles. The van der Waals surface area contributed by atoms with Crippen LogP contribution in [0.1, 0.15) is 67.8 Å². The van der Waals surface area contributed by atoms with Crippen LogP contribution in [-0.2, 0) is 9.78 Å². The highest BCUT2D eigenvalue weighted by molar-refractivity contribution is 5.88. The van der Waals surface area contributed by atoms with Crippen LogP contribution in [0.25, 0.3) is 0 Å². The van der Waals surface area contributed by atoms with Crippen LogP contribution in [0, 0.1) is 18.9 Å². The highest BCUT2D eigenvalue weighted by atomic mass is 17.2. The summed E-state index contributed by atoms with van der Waals surface area (Å²) in [5, 5.41) is 0. The summed E-state index contributed by atoms with van der Waals surface area (Å²) in [5.74, 6) is 0.390. The van der Waals surface area contributed by atoms with Gasteiger partial charge in [-0.15, -0.1) is 0 Å². The van der Waals surface area contributed by atoms with Gasteiger partial charge in [0, 0.05) is 0 Å². The molecule has 21 heavy (non-hydrogen) atoms. The largest absolute Gasteiger partial charge is 0.373 e. The highest BCUT2D eigenvalue weighted by Crippen LogP contribution is 2.33. The van der Waals surface area contributed by atoms with Crippen LogP contribution in [0.2, 0.25) is 0 Å². The number of rotatable bonds is 6. The summed E-state index contributed by atoms with van der Waals surface area (Å²) in [7, 11) is 0. The molecule has 0 atom stereocenters. The van der Waals surface area contributed by atoms with Crippen molar-refractivity contribution in [3.05, 3.63) is 41.5 Å². The second-order valence-electron chi connectivity index (χ2n) is 5.94. The third-order valence-corrected chi connectivity index (χ3v) is 4.15. The fraction of sp³-hybridized carbons (Fsp3) is 0.556. The van der Waals surface area contributed by atoms with Crippen molar-refractivity contribution in [2.24, 2.45) is 5.92 Å². The third kappa shape index (κ3) is 5.16. The average molecular weight is 289 g/mol. The first kappa shape index (κ1) is 16.0. The van der Waals surface area contributed by atoms with Crippen molar-refractivity contribution in [2.45, 2.75) is 58.8 Å². The predicted octanol–water partition coefficient (Wildman–Crippen LogP) is 5.00. The van der Waals surface area contributed by atoms with E-state index in [0.717, 1.165) is 43.3 Å². The Bertz CT molecular complexity index is 430. The summed E-state index contributed by atoms with van der Waals surface area (Å²) in [4.78, 5) is 22.0. The summed E-state index contributed by atoms with van der Waals surface area (Å²) in [6.45, 7) is 4.21. The van der Waals surface area contributed by atoms with Crippen LogP contribution < -0.4 is 0 Å². The van der Waals surface area contributed by atoms with Crippen molar-refractivity contribution < 1.29 is 14.6 Å². The molecule has 1 aliphatic rings. The van der Waals surface area contributed by atoms with Crippen molar-refractivity contribution in [3.8, 4) is 0 Å². The molecule has 3 nitrogen and oxygen atoms in total. The standard InChI is InChI=1S/C18H25O3/c1-3-4-5-15-8-12-17(13-9-15)20-21-18(19)16-10-6-14(2)7-11-16/h6-7,10-11,15H,3-5,8-9,12-13H2,1-2H3. The fourth-order valence-electron chi connectivity index (χ4n) is 2.70. The summed E-state index contributed by atoms with van der Waals surface area (Å²) in [6.07, 6.45) is 8.91. The van der Waals surface area contributed by atoms with Crippen LogP contribution in [-0.4, -0.2) is 5.97 Å². The van der Waals surface area contributed by atoms with Crippen molar-refractivity contribution in [1.82, 2.24) is 0 Å². The van der Waals surface area contributed by atoms with Gasteiger partial charge in [-0.05, 0) is 50.7 Å². The molecule has 0 N–H and O–H groups in total. The van der Waals surface area contributed by atoms with Crippen molar-refractivity contribution >= 4 is 5.97 Å². The van der Waals surface area contributed by atoms with Gasteiger partial charge in [0.15, 0.2) is 0 Å². The molecular weight excluding hydrogens is 264 g/mol. The SMILES string of the molecule is CCCCC1CC[C](OOC(=O)c2ccc(C)cc2)CC1. The predicted molar refractivity (Wildman–Crippen MR) is 82.4 cm³/mol. The third-order valence-electron chi connectivity index (χ3n) is 4.15. The van der Waals surface area contributed by atoms with E-state index in [1.165, 1.54) is 19.3 Å². The topological polar surface area (TPSA) is 35.5 Å². The molecule has 2 rings (SSSR count). The van der Waals surface area contributed by atoms with Gasteiger partial charge in [0.2, 0.25) is 0 Å². The first-order valence-electron chi connectivity index (χ1n) is 7.99. The van der Waals surface area contributed by atoms with Gasteiger partial charge in [-0.3, -0.25) is 4.89 Å². The molecule has 0 aromatic heterocycles. The van der Waals surface area contributed by atoms with Crippen LogP contribution in [0.4, 0.5) is 0 Å². The number of hydrogen-bond donors (Lipinski definition) is 0. The molecule has 0 amide bonds. The number of carbonyl (C=O) groups is 1. The molecule has 0 spiro atoms. The zero-order chi connectivity index (χ0) is 15.1. The van der Waals surface area contributed by atoms with Crippen molar-refractivity contribution in [3.63, 3.8) is 0 Å². The van der Waals surface area contributed by atoms with Crippen LogP contribution >= 0.6 is 0 Å². The number of benzene rings is 1. The molecule has 1 radical (unpaired) electrons. The lowest BCUT2D eigenvalue weighted by Crippen LogP contribution is -2.17. The Labute approximate surface area is 127 Å². The maximum Gasteiger partial charge on any atom is 0.373 e. The van der Waals surface area contributed by atoms with E-state index in [9.17, 15) is 4.79 Å². The molecule has 0 heterocycles. The molecular formula is C18H25O3. The van der Waals surface area contributed by atoms with E-state index >= 15 is 0 Å². The first-order chi connectivity index (χ1) is 10.2. The molecule has 0 unspecified atom stereocenters. The summed E-state index contributed by atoms with van der Waals surface area (Å²) in [5.41, 5.74) is 1.64. The molecule has 1 aromatic rings. The van der Waals surface area contributed by atoms with E-state index in [1.54, 1.807) is 12.1 Å². The molecule has 115 valence electrons. The maximum absolute atomic E-state index is 11.8. The molecule has 1 fully saturated rings. The number of carbonyl (C=O) groups excluding carboxylic acids is 1. The van der Waals surface area contributed by atoms with Gasteiger partial charge < -0.3 is 0 Å². The summed E-state index contributed by atoms with van der Waals surface area (Å²) >= 11 is 0. The Morgan fingerprint density at radius 3 is 2.48 bits per heavy atom. The minimum Gasteiger partial charge on any atom is -0.292 e. The van der Waals surface area contributed by atoms with Gasteiger partial charge in [0.25, 0.3) is 0 Å². The van der Waals surface area contributed by atoms with Gasteiger partial charge in [0.05, 0.1) is 5.56 Å². The van der Waals surface area contributed by atoms with E-state index in [2.05, 4.69) is 6.92 Å². The van der Waals surface area contributed by atoms with Crippen LogP contribution in [0.5, 0.6) is 0 Å². The second-order valence-corrected chi connectivity index (χ2v) is 5.94. The van der Waals surface area contributed by atoms with E-state index in [4.69, 9.17) is 9.78 Å².